The van der Waals surface area contributed by atoms with E-state index in [9.17, 15) is 4.79 Å². The molecule has 0 aliphatic carbocycles. The highest BCUT2D eigenvalue weighted by molar-refractivity contribution is 8.00. The van der Waals surface area contributed by atoms with E-state index in [0.29, 0.717) is 12.3 Å². The van der Waals surface area contributed by atoms with Crippen molar-refractivity contribution in [3.63, 3.8) is 0 Å². The maximum absolute atomic E-state index is 12.0. The van der Waals surface area contributed by atoms with Crippen LogP contribution in [0.5, 0.6) is 0 Å². The molecule has 0 bridgehead atoms. The molecule has 0 fully saturated rings. The van der Waals surface area contributed by atoms with E-state index in [2.05, 4.69) is 0 Å². The fraction of sp³-hybridized carbons (Fsp3) is 0.214. The molecule has 3 nitrogen and oxygen atoms in total. The van der Waals surface area contributed by atoms with Crippen molar-refractivity contribution >= 4 is 34.7 Å². The first-order valence-corrected chi connectivity index (χ1v) is 7.77. The van der Waals surface area contributed by atoms with E-state index in [-0.39, 0.29) is 5.91 Å². The Balaban J connectivity index is 1.86. The smallest absolute Gasteiger partial charge is 0.233 e. The first kappa shape index (κ1) is 14.0. The van der Waals surface area contributed by atoms with Crippen LogP contribution < -0.4 is 5.73 Å². The van der Waals surface area contributed by atoms with E-state index in [1.54, 1.807) is 16.2 Å². The quantitative estimate of drug-likeness (QED) is 0.680. The summed E-state index contributed by atoms with van der Waals surface area (Å²) in [6, 6.07) is 11.6. The van der Waals surface area contributed by atoms with Gasteiger partial charge < -0.3 is 10.6 Å². The van der Waals surface area contributed by atoms with Crippen molar-refractivity contribution in [3.8, 4) is 0 Å². The van der Waals surface area contributed by atoms with Crippen molar-refractivity contribution in [2.24, 2.45) is 0 Å². The number of carbonyl (C=O) groups is 1. The van der Waals surface area contributed by atoms with Crippen LogP contribution in [0, 0.1) is 0 Å². The number of hydrogen-bond donors (Lipinski definition) is 1. The largest absolute Gasteiger partial charge is 0.398 e. The zero-order valence-corrected chi connectivity index (χ0v) is 12.3. The lowest BCUT2D eigenvalue weighted by atomic mass is 10.3. The zero-order chi connectivity index (χ0) is 13.7. The van der Waals surface area contributed by atoms with Gasteiger partial charge in [0.2, 0.25) is 5.91 Å². The summed E-state index contributed by atoms with van der Waals surface area (Å²) < 4.78 is 0. The fourth-order valence-electron chi connectivity index (χ4n) is 1.59. The van der Waals surface area contributed by atoms with E-state index < -0.39 is 0 Å². The van der Waals surface area contributed by atoms with E-state index in [0.717, 1.165) is 10.6 Å². The Kier molecular flexibility index (Phi) is 4.87. The average Bonchev–Trinajstić information content (AvgIpc) is 2.90. The predicted molar refractivity (Wildman–Crippen MR) is 82.4 cm³/mol. The molecule has 0 unspecified atom stereocenters. The van der Waals surface area contributed by atoms with Crippen molar-refractivity contribution in [1.82, 2.24) is 4.90 Å². The number of benzene rings is 1. The first-order chi connectivity index (χ1) is 9.16. The van der Waals surface area contributed by atoms with Gasteiger partial charge in [-0.15, -0.1) is 23.1 Å². The van der Waals surface area contributed by atoms with Crippen molar-refractivity contribution in [1.29, 1.82) is 0 Å². The summed E-state index contributed by atoms with van der Waals surface area (Å²) in [5, 5.41) is 2.02. The number of para-hydroxylation sites is 1. The Morgan fingerprint density at radius 3 is 2.79 bits per heavy atom. The molecule has 0 aliphatic rings. The van der Waals surface area contributed by atoms with Crippen LogP contribution in [0.3, 0.4) is 0 Å². The summed E-state index contributed by atoms with van der Waals surface area (Å²) in [6.45, 7) is 0.668. The fourth-order valence-corrected chi connectivity index (χ4v) is 3.25. The van der Waals surface area contributed by atoms with Gasteiger partial charge in [0.25, 0.3) is 0 Å². The van der Waals surface area contributed by atoms with Crippen molar-refractivity contribution in [3.05, 3.63) is 46.7 Å². The minimum atomic E-state index is 0.113. The number of amides is 1. The summed E-state index contributed by atoms with van der Waals surface area (Å²) in [5.41, 5.74) is 6.57. The third-order valence-electron chi connectivity index (χ3n) is 2.67. The van der Waals surface area contributed by atoms with Gasteiger partial charge in [-0.05, 0) is 23.6 Å². The molecule has 2 aromatic rings. The van der Waals surface area contributed by atoms with Gasteiger partial charge >= 0.3 is 0 Å². The number of nitrogens with zero attached hydrogens (tertiary/aromatic N) is 1. The molecule has 1 heterocycles. The Morgan fingerprint density at radius 1 is 1.32 bits per heavy atom. The summed E-state index contributed by atoms with van der Waals surface area (Å²) in [5.74, 6) is 0.525. The number of nitrogen functional groups attached to an aromatic ring is 1. The minimum Gasteiger partial charge on any atom is -0.398 e. The molecule has 0 saturated heterocycles. The average molecular weight is 292 g/mol. The monoisotopic (exact) mass is 292 g/mol. The van der Waals surface area contributed by atoms with E-state index in [1.807, 2.05) is 48.8 Å². The van der Waals surface area contributed by atoms with Crippen LogP contribution >= 0.6 is 23.1 Å². The van der Waals surface area contributed by atoms with Crippen molar-refractivity contribution in [2.45, 2.75) is 11.4 Å². The van der Waals surface area contributed by atoms with E-state index in [4.69, 9.17) is 5.73 Å². The van der Waals surface area contributed by atoms with Crippen LogP contribution in [0.1, 0.15) is 4.88 Å². The Labute approximate surface area is 121 Å². The number of rotatable bonds is 5. The Morgan fingerprint density at radius 2 is 2.11 bits per heavy atom. The van der Waals surface area contributed by atoms with Crippen LogP contribution in [-0.4, -0.2) is 23.6 Å². The molecule has 19 heavy (non-hydrogen) atoms. The molecule has 0 atom stereocenters. The van der Waals surface area contributed by atoms with E-state index >= 15 is 0 Å². The van der Waals surface area contributed by atoms with Crippen LogP contribution in [0.15, 0.2) is 46.7 Å². The van der Waals surface area contributed by atoms with Gasteiger partial charge in [-0.25, -0.2) is 0 Å². The Bertz CT molecular complexity index is 540. The molecule has 0 aliphatic heterocycles. The molecule has 0 saturated carbocycles. The Hall–Kier alpha value is -1.46. The van der Waals surface area contributed by atoms with Crippen LogP contribution in [0.4, 0.5) is 5.69 Å². The number of nitrogens with two attached hydrogens (primary N) is 1. The van der Waals surface area contributed by atoms with Crippen LogP contribution in [0.25, 0.3) is 0 Å². The van der Waals surface area contributed by atoms with Crippen LogP contribution in [-0.2, 0) is 11.3 Å². The van der Waals surface area contributed by atoms with Gasteiger partial charge in [0.05, 0.1) is 12.3 Å². The summed E-state index contributed by atoms with van der Waals surface area (Å²) in [6.07, 6.45) is 0. The maximum Gasteiger partial charge on any atom is 0.233 e. The minimum absolute atomic E-state index is 0.113. The molecular formula is C14H16N2OS2. The first-order valence-electron chi connectivity index (χ1n) is 5.90. The highest BCUT2D eigenvalue weighted by atomic mass is 32.2. The number of thioether (sulfide) groups is 1. The van der Waals surface area contributed by atoms with Gasteiger partial charge in [0.1, 0.15) is 0 Å². The molecule has 1 amide bonds. The molecule has 0 radical (unpaired) electrons. The van der Waals surface area contributed by atoms with Gasteiger partial charge in [-0.1, -0.05) is 18.2 Å². The topological polar surface area (TPSA) is 46.3 Å². The van der Waals surface area contributed by atoms with Crippen molar-refractivity contribution in [2.75, 3.05) is 18.5 Å². The van der Waals surface area contributed by atoms with Gasteiger partial charge in [-0.3, -0.25) is 4.79 Å². The zero-order valence-electron chi connectivity index (χ0n) is 10.7. The van der Waals surface area contributed by atoms with Gasteiger partial charge in [0.15, 0.2) is 0 Å². The third-order valence-corrected chi connectivity index (χ3v) is 4.60. The number of hydrogen-bond acceptors (Lipinski definition) is 4. The predicted octanol–water partition coefficient (Wildman–Crippen LogP) is 3.08. The highest BCUT2D eigenvalue weighted by Gasteiger charge is 2.11. The second-order valence-corrected chi connectivity index (χ2v) is 6.21. The molecule has 1 aromatic heterocycles. The van der Waals surface area contributed by atoms with E-state index in [1.165, 1.54) is 16.6 Å². The lowest BCUT2D eigenvalue weighted by Crippen LogP contribution is -2.27. The highest BCUT2D eigenvalue weighted by Crippen LogP contribution is 2.24. The standard InChI is InChI=1S/C14H16N2OS2/c1-16(9-11-5-4-8-18-11)14(17)10-19-13-7-3-2-6-12(13)15/h2-8H,9-10,15H2,1H3. The lowest BCUT2D eigenvalue weighted by molar-refractivity contribution is -0.127. The molecule has 0 spiro atoms. The normalized spacial score (nSPS) is 10.4. The third kappa shape index (κ3) is 4.01. The molecule has 1 aromatic carbocycles. The van der Waals surface area contributed by atoms with Gasteiger partial charge in [0, 0.05) is 22.5 Å². The van der Waals surface area contributed by atoms with Crippen LogP contribution in [0.2, 0.25) is 0 Å². The summed E-state index contributed by atoms with van der Waals surface area (Å²) in [7, 11) is 1.83. The maximum atomic E-state index is 12.0. The molecular weight excluding hydrogens is 276 g/mol. The summed E-state index contributed by atoms with van der Waals surface area (Å²) in [4.78, 5) is 15.9. The number of anilines is 1. The molecule has 2 N–H and O–H groups in total. The van der Waals surface area contributed by atoms with Gasteiger partial charge in [-0.2, -0.15) is 0 Å². The number of carbonyl (C=O) groups excluding carboxylic acids is 1. The van der Waals surface area contributed by atoms with Crippen molar-refractivity contribution < 1.29 is 4.79 Å². The number of thiophene rings is 1. The molecule has 100 valence electrons. The SMILES string of the molecule is CN(Cc1cccs1)C(=O)CSc1ccccc1N. The lowest BCUT2D eigenvalue weighted by Gasteiger charge is -2.16. The second kappa shape index (κ2) is 6.63. The molecule has 2 rings (SSSR count). The summed E-state index contributed by atoms with van der Waals surface area (Å²) >= 11 is 3.15. The second-order valence-electron chi connectivity index (χ2n) is 4.16. The molecule has 5 heteroatoms.